The Balaban J connectivity index is 0.000000207. The number of thiazole rings is 2. The largest absolute Gasteiger partial charge is 0.484 e. The maximum Gasteiger partial charge on any atom is 0.341 e. The van der Waals surface area contributed by atoms with Crippen LogP contribution in [0.2, 0.25) is 10.0 Å². The normalized spacial score (nSPS) is 21.6. The van der Waals surface area contributed by atoms with Gasteiger partial charge in [-0.2, -0.15) is 0 Å². The summed E-state index contributed by atoms with van der Waals surface area (Å²) in [6.45, 7) is 13.8. The first kappa shape index (κ1) is 98.6. The quantitative estimate of drug-likeness (QED) is 0.0298. The Morgan fingerprint density at radius 1 is 0.573 bits per heavy atom. The molecule has 0 saturated carbocycles. The van der Waals surface area contributed by atoms with Crippen LogP contribution >= 0.6 is 45.9 Å². The number of carboxylic acids is 1. The number of aryl methyl sites for hydroxylation is 2. The smallest absolute Gasteiger partial charge is 0.341 e. The Bertz CT molecular complexity index is 5730. The van der Waals surface area contributed by atoms with Gasteiger partial charge in [0.05, 0.1) is 80.3 Å². The summed E-state index contributed by atoms with van der Waals surface area (Å²) in [5.74, 6) is -3.85. The molecule has 0 aliphatic carbocycles. The van der Waals surface area contributed by atoms with E-state index in [0.717, 1.165) is 43.4 Å². The van der Waals surface area contributed by atoms with Crippen LogP contribution in [0.15, 0.2) is 133 Å². The molecule has 16 atom stereocenters. The Morgan fingerprint density at radius 3 is 1.34 bits per heavy atom. The van der Waals surface area contributed by atoms with Crippen LogP contribution in [0.4, 0.5) is 16.0 Å². The number of carbonyl (C=O) groups is 8. The van der Waals surface area contributed by atoms with Gasteiger partial charge in [-0.25, -0.2) is 34.7 Å². The second kappa shape index (κ2) is 43.8. The van der Waals surface area contributed by atoms with Gasteiger partial charge in [-0.15, -0.1) is 22.7 Å². The molecule has 0 unspecified atom stereocenters. The number of nitrogens with one attached hydrogen (secondary N) is 4. The van der Waals surface area contributed by atoms with Gasteiger partial charge < -0.3 is 122 Å². The van der Waals surface area contributed by atoms with Gasteiger partial charge in [-0.3, -0.25) is 38.0 Å². The summed E-state index contributed by atoms with van der Waals surface area (Å²) in [6.07, 6.45) is -9.68. The van der Waals surface area contributed by atoms with E-state index in [1.807, 2.05) is 88.7 Å². The zero-order valence-corrected chi connectivity index (χ0v) is 75.6. The molecular weight excluding hydrogens is 1790 g/mol. The molecule has 0 spiro atoms. The number of hydrogen-bond acceptors (Lipinski definition) is 31. The van der Waals surface area contributed by atoms with Crippen LogP contribution in [0.3, 0.4) is 0 Å². The fourth-order valence-electron chi connectivity index (χ4n) is 15.4. The molecule has 0 radical (unpaired) electrons. The molecule has 6 aromatic heterocycles. The number of fused-ring (bicyclic) bond motifs is 2. The van der Waals surface area contributed by atoms with Gasteiger partial charge >= 0.3 is 5.97 Å². The number of ketones is 1. The van der Waals surface area contributed by atoms with E-state index in [1.54, 1.807) is 73.5 Å². The lowest BCUT2D eigenvalue weighted by Crippen LogP contribution is -2.58. The van der Waals surface area contributed by atoms with E-state index >= 15 is 0 Å². The molecule has 10 aromatic rings. The minimum absolute atomic E-state index is 0.0324. The van der Waals surface area contributed by atoms with Crippen LogP contribution in [0.5, 0.6) is 11.5 Å². The number of nitrogens with two attached hydrogens (primary N) is 3. The number of ether oxygens (including phenoxy) is 4. The highest BCUT2D eigenvalue weighted by molar-refractivity contribution is 7.13. The summed E-state index contributed by atoms with van der Waals surface area (Å²) in [5, 5.41) is 107. The average molecular weight is 1890 g/mol. The zero-order chi connectivity index (χ0) is 96.1. The third-order valence-electron chi connectivity index (χ3n) is 22.4. The summed E-state index contributed by atoms with van der Waals surface area (Å²) in [5.41, 5.74) is 26.4. The Kier molecular flexibility index (Phi) is 33.0. The minimum Gasteiger partial charge on any atom is -0.484 e. The molecule has 4 aliphatic heterocycles. The summed E-state index contributed by atoms with van der Waals surface area (Å²) in [6, 6.07) is 23.7. The second-order valence-electron chi connectivity index (χ2n) is 33.8. The lowest BCUT2D eigenvalue weighted by atomic mass is 9.85. The second-order valence-corrected chi connectivity index (χ2v) is 36.3. The molecule has 131 heavy (non-hydrogen) atoms. The standard InChI is InChI=1S/C44H51ClN8O10S.C24H33N5O4S.C19H19ClN4O7.CH3F/c1-22-37(64-21-50-22)24-7-5-23(6-8-24)17-47-41(60)30-16-27(55)18-53(30)42(61)38(44(2,3)4)51-32(56)12-10-26(54)19-62-31-15-25(9-11-29(31)45)33(57)36-34(58)35(59)43(63-36)52-14-13-28-39(46)48-20-49-40(28)52;1-14-20(34-13-27-14)16-7-5-15(6-8-16)11-26-22(32)18-9-17(30)12-29(18)23(33)21(24(2,3)4)28-19(31)10-25;20-10-2-1-8(5-11(10)30-6-12(25)26)13(27)16-14(28)15(29)19(31-16)24-4-3-9-17(21)22-7-23-18(9)24;1-2/h5-9,11,13-15,20-21,27,30,33-36,38,43,55,57-59H,10,12,16-19H2,1-4H3,(H,47,60)(H,51,56)(H2,46,48,49);5-8,13,17-18,21,30H,9-12,25H2,1-4H3,(H,26,32)(H,28,31);1-5,7,13-16,19,27-29H,6H2,(H,25,26)(H2,21,22,23);1H3/t27-,30+,33-,34+,35-,36-,38-,43-;17-,18+,21-;13-,14+,15-,16-,19-;/m111./s1/i;;;1D. The molecule has 43 heteroatoms. The molecule has 0 bridgehead atoms. The number of Topliss-reactive ketones (excluding diaryl/α,β-unsaturated/α-hetero) is 1. The monoisotopic (exact) mass is 1890 g/mol. The summed E-state index contributed by atoms with van der Waals surface area (Å²) < 4.78 is 41.1. The number of alkyl halides is 1. The number of aliphatic carboxylic acids is 1. The number of β-amino-alcohol motifs (C(OH)–C–C–N with tert-alkyl or cyclic N) is 2. The van der Waals surface area contributed by atoms with Crippen molar-refractivity contribution < 1.29 is 109 Å². The number of anilines is 2. The van der Waals surface area contributed by atoms with Crippen molar-refractivity contribution in [2.45, 2.75) is 192 Å². The van der Waals surface area contributed by atoms with Crippen molar-refractivity contribution in [1.29, 1.82) is 0 Å². The summed E-state index contributed by atoms with van der Waals surface area (Å²) in [4.78, 5) is 132. The van der Waals surface area contributed by atoms with Gasteiger partial charge in [0, 0.05) is 64.3 Å². The van der Waals surface area contributed by atoms with Gasteiger partial charge in [-0.05, 0) is 94.5 Å². The predicted octanol–water partition coefficient (Wildman–Crippen LogP) is 5.24. The number of benzene rings is 4. The van der Waals surface area contributed by atoms with Crippen LogP contribution in [0, 0.1) is 24.7 Å². The number of amides is 6. The maximum absolute atomic E-state index is 14.0. The predicted molar refractivity (Wildman–Crippen MR) is 481 cm³/mol. The molecule has 10 heterocycles. The molecule has 702 valence electrons. The van der Waals surface area contributed by atoms with Crippen molar-refractivity contribution >= 4 is 127 Å². The van der Waals surface area contributed by atoms with Crippen LogP contribution < -0.4 is 47.9 Å². The van der Waals surface area contributed by atoms with Crippen molar-refractivity contribution in [3.05, 3.63) is 177 Å². The third kappa shape index (κ3) is 23.9. The number of aliphatic hydroxyl groups excluding tert-OH is 8. The van der Waals surface area contributed by atoms with Gasteiger partial charge in [0.25, 0.3) is 0 Å². The number of likely N-dealkylation sites (tertiary alicyclic amines) is 2. The van der Waals surface area contributed by atoms with Crippen molar-refractivity contribution in [3.8, 4) is 32.4 Å². The number of carbonyl (C=O) groups excluding carboxylic acids is 7. The van der Waals surface area contributed by atoms with Crippen LogP contribution in [0.25, 0.3) is 42.9 Å². The highest BCUT2D eigenvalue weighted by Crippen LogP contribution is 2.43. The van der Waals surface area contributed by atoms with Crippen molar-refractivity contribution in [1.82, 2.24) is 70.1 Å². The number of aliphatic hydroxyl groups is 8. The summed E-state index contributed by atoms with van der Waals surface area (Å²) in [7, 11) is -1.00. The Hall–Kier alpha value is -11.4. The van der Waals surface area contributed by atoms with E-state index in [9.17, 15) is 83.6 Å². The lowest BCUT2D eigenvalue weighted by molar-refractivity contribution is -0.144. The number of rotatable bonds is 28. The fraction of sp³-hybridized carbons (Fsp3) is 0.432. The molecule has 38 nitrogen and oxygen atoms in total. The topological polar surface area (TPSA) is 575 Å². The van der Waals surface area contributed by atoms with Crippen molar-refractivity contribution in [3.63, 3.8) is 0 Å². The van der Waals surface area contributed by atoms with E-state index in [4.69, 9.17) is 65.8 Å². The highest BCUT2D eigenvalue weighted by atomic mass is 35.5. The molecule has 4 fully saturated rings. The average Bonchev–Trinajstić information content (AvgIpc) is 1.62. The SMILES string of the molecule is Cc1ncsc1-c1ccc(CNC(=O)[C@@H]2C[C@@H](O)CN2C(=O)[C@@H](NC(=O)CCC(=O)COc2cc([C@@H](O)[C@H]3O[C@@H](n4ccc5c(N)ncnc54)[C@H](O)[C@@H]3O)ccc2Cl)C(C)(C)C)cc1.Cc1ncsc1-c1ccc(CNC(=O)[C@@H]2C[C@@H](O)CN2C(=O)[C@@H](NC(=O)CN)C(C)(C)C)cc1.Nc1ncnc2c1ccn2[C@@H]1O[C@H]([C@H](O)c2ccc(Cl)c(OCC(=O)O)c2)[C@@H](O)[C@H]1O.[2H]CF. The number of hydrogen-bond donors (Lipinski definition) is 16. The first-order valence-electron chi connectivity index (χ1n) is 42.1. The van der Waals surface area contributed by atoms with Crippen molar-refractivity contribution in [2.24, 2.45) is 16.6 Å². The number of halogens is 3. The third-order valence-corrected chi connectivity index (χ3v) is 25.0. The zero-order valence-electron chi connectivity index (χ0n) is 73.5. The molecule has 6 amide bonds. The van der Waals surface area contributed by atoms with Gasteiger partial charge in [0.1, 0.15) is 127 Å². The van der Waals surface area contributed by atoms with E-state index in [-0.39, 0.29) is 102 Å². The Labute approximate surface area is 770 Å². The van der Waals surface area contributed by atoms with Crippen LogP contribution in [-0.4, -0.2) is 255 Å². The molecule has 4 aromatic carbocycles. The number of nitrogen functional groups attached to an aromatic ring is 2. The van der Waals surface area contributed by atoms with Crippen LogP contribution in [0.1, 0.15) is 127 Å². The summed E-state index contributed by atoms with van der Waals surface area (Å²) >= 11 is 15.5. The van der Waals surface area contributed by atoms with E-state index in [1.165, 1.54) is 68.0 Å². The van der Waals surface area contributed by atoms with Gasteiger partial charge in [0.15, 0.2) is 24.8 Å². The molecule has 4 saturated heterocycles. The first-order valence-corrected chi connectivity index (χ1v) is 43.9. The molecule has 19 N–H and O–H groups in total. The number of nitrogens with zero attached hydrogens (tertiary/aromatic N) is 10. The lowest BCUT2D eigenvalue weighted by Gasteiger charge is -2.35. The molecule has 14 rings (SSSR count). The van der Waals surface area contributed by atoms with Crippen molar-refractivity contribution in [2.75, 3.05) is 51.5 Å². The fourth-order valence-corrected chi connectivity index (χ4v) is 17.4. The van der Waals surface area contributed by atoms with Crippen LogP contribution in [-0.2, 0) is 60.9 Å². The van der Waals surface area contributed by atoms with E-state index in [0.29, 0.717) is 28.6 Å². The Morgan fingerprint density at radius 2 is 0.969 bits per heavy atom. The molecule has 4 aliphatic rings. The maximum atomic E-state index is 14.0. The van der Waals surface area contributed by atoms with E-state index in [2.05, 4.69) is 51.2 Å². The first-order chi connectivity index (χ1) is 62.6. The van der Waals surface area contributed by atoms with Gasteiger partial charge in [-0.1, -0.05) is 125 Å². The molecular formula is C88H106Cl2FN17O21S2. The number of carboxylic acid groups (broad SMARTS) is 1. The highest BCUT2D eigenvalue weighted by Gasteiger charge is 2.51. The van der Waals surface area contributed by atoms with Gasteiger partial charge in [0.2, 0.25) is 35.4 Å². The number of aromatic nitrogens is 8. The van der Waals surface area contributed by atoms with E-state index < -0.39 is 170 Å². The minimum atomic E-state index is -1.51.